The van der Waals surface area contributed by atoms with Crippen molar-refractivity contribution < 1.29 is 38.8 Å². The Hall–Kier alpha value is -2.77. The van der Waals surface area contributed by atoms with Gasteiger partial charge >= 0.3 is 17.9 Å². The number of hydrogen-bond acceptors (Lipinski definition) is 6. The number of aliphatic carboxylic acids is 1. The van der Waals surface area contributed by atoms with E-state index in [1.807, 2.05) is 0 Å². The molecule has 1 aromatic rings. The summed E-state index contributed by atoms with van der Waals surface area (Å²) < 4.78 is 14.7. The maximum atomic E-state index is 11.8. The van der Waals surface area contributed by atoms with Gasteiger partial charge in [0.1, 0.15) is 0 Å². The first-order valence-corrected chi connectivity index (χ1v) is 6.25. The van der Waals surface area contributed by atoms with Gasteiger partial charge in [-0.05, 0) is 24.6 Å². The number of carboxylic acids is 2. The quantitative estimate of drug-likeness (QED) is 0.568. The first kappa shape index (κ1) is 17.3. The van der Waals surface area contributed by atoms with Crippen LogP contribution in [0.4, 0.5) is 0 Å². The normalized spacial score (nSPS) is 11.4. The van der Waals surface area contributed by atoms with Crippen molar-refractivity contribution in [2.45, 2.75) is 12.8 Å². The van der Waals surface area contributed by atoms with Crippen molar-refractivity contribution in [1.82, 2.24) is 0 Å². The van der Waals surface area contributed by atoms with E-state index >= 15 is 0 Å². The minimum Gasteiger partial charge on any atom is -0.493 e. The number of esters is 1. The Balaban J connectivity index is 3.55. The van der Waals surface area contributed by atoms with E-state index < -0.39 is 23.8 Å². The minimum absolute atomic E-state index is 0.0295. The Morgan fingerprint density at radius 3 is 2.05 bits per heavy atom. The van der Waals surface area contributed by atoms with Crippen molar-refractivity contribution >= 4 is 17.9 Å². The van der Waals surface area contributed by atoms with Crippen molar-refractivity contribution in [2.75, 3.05) is 20.8 Å². The summed E-state index contributed by atoms with van der Waals surface area (Å²) >= 11 is 0. The van der Waals surface area contributed by atoms with Gasteiger partial charge < -0.3 is 24.4 Å². The maximum absolute atomic E-state index is 11.8. The van der Waals surface area contributed by atoms with Gasteiger partial charge in [-0.2, -0.15) is 0 Å². The Labute approximate surface area is 126 Å². The molecule has 8 heteroatoms. The molecule has 22 heavy (non-hydrogen) atoms. The molecule has 0 amide bonds. The maximum Gasteiger partial charge on any atom is 0.336 e. The van der Waals surface area contributed by atoms with Crippen LogP contribution in [0.3, 0.4) is 0 Å². The Kier molecular flexibility index (Phi) is 5.73. The fourth-order valence-corrected chi connectivity index (χ4v) is 1.91. The lowest BCUT2D eigenvalue weighted by Gasteiger charge is -2.17. The van der Waals surface area contributed by atoms with Crippen LogP contribution in [0.5, 0.6) is 11.5 Å². The van der Waals surface area contributed by atoms with Gasteiger partial charge in [0, 0.05) is 0 Å². The summed E-state index contributed by atoms with van der Waals surface area (Å²) in [6.07, 6.45) is 0. The zero-order chi connectivity index (χ0) is 16.9. The molecule has 1 atom stereocenters. The predicted octanol–water partition coefficient (Wildman–Crippen LogP) is 1.13. The number of benzene rings is 1. The van der Waals surface area contributed by atoms with Crippen LogP contribution < -0.4 is 9.47 Å². The third-order valence-corrected chi connectivity index (χ3v) is 2.87. The third kappa shape index (κ3) is 3.46. The lowest BCUT2D eigenvalue weighted by atomic mass is 9.93. The van der Waals surface area contributed by atoms with Gasteiger partial charge in [-0.3, -0.25) is 9.59 Å². The number of carbonyl (C=O) groups is 3. The molecule has 120 valence electrons. The van der Waals surface area contributed by atoms with E-state index in [9.17, 15) is 24.6 Å². The average Bonchev–Trinajstić information content (AvgIpc) is 2.46. The topological polar surface area (TPSA) is 119 Å². The largest absolute Gasteiger partial charge is 0.493 e. The molecule has 8 nitrogen and oxygen atoms in total. The highest BCUT2D eigenvalue weighted by atomic mass is 16.5. The van der Waals surface area contributed by atoms with Crippen molar-refractivity contribution in [3.05, 3.63) is 23.3 Å². The number of carboxylic acid groups (broad SMARTS) is 2. The molecule has 0 radical (unpaired) electrons. The van der Waals surface area contributed by atoms with Crippen molar-refractivity contribution in [3.63, 3.8) is 0 Å². The molecule has 2 N–H and O–H groups in total. The van der Waals surface area contributed by atoms with E-state index in [-0.39, 0.29) is 29.2 Å². The molecule has 0 aliphatic rings. The van der Waals surface area contributed by atoms with E-state index in [1.165, 1.54) is 21.1 Å². The first-order chi connectivity index (χ1) is 10.4. The zero-order valence-corrected chi connectivity index (χ0v) is 12.3. The third-order valence-electron chi connectivity index (χ3n) is 2.87. The summed E-state index contributed by atoms with van der Waals surface area (Å²) in [4.78, 5) is 34.6. The monoisotopic (exact) mass is 312 g/mol. The summed E-state index contributed by atoms with van der Waals surface area (Å²) in [6.45, 7) is 1.49. The average molecular weight is 312 g/mol. The van der Waals surface area contributed by atoms with Gasteiger partial charge in [-0.1, -0.05) is 0 Å². The van der Waals surface area contributed by atoms with Crippen LogP contribution in [0.2, 0.25) is 0 Å². The number of hydrogen-bond donors (Lipinski definition) is 2. The summed E-state index contributed by atoms with van der Waals surface area (Å²) in [7, 11) is 2.62. The van der Waals surface area contributed by atoms with Crippen LogP contribution in [0.25, 0.3) is 0 Å². The molecular formula is C14H16O8. The number of methoxy groups -OCH3 is 2. The standard InChI is InChI=1S/C14H16O8/c1-4-22-14(19)11(13(17)18)7-5-9(20-2)10(21-3)6-8(7)12(15)16/h5-6,11H,4H2,1-3H3,(H,15,16)(H,17,18). The van der Waals surface area contributed by atoms with Crippen LogP contribution in [0.15, 0.2) is 12.1 Å². The summed E-state index contributed by atoms with van der Waals surface area (Å²) in [5, 5.41) is 18.5. The van der Waals surface area contributed by atoms with E-state index in [4.69, 9.17) is 14.2 Å². The van der Waals surface area contributed by atoms with Gasteiger partial charge in [0.15, 0.2) is 17.4 Å². The second-order valence-corrected chi connectivity index (χ2v) is 4.12. The van der Waals surface area contributed by atoms with Gasteiger partial charge in [-0.25, -0.2) is 4.79 Å². The van der Waals surface area contributed by atoms with Crippen LogP contribution >= 0.6 is 0 Å². The van der Waals surface area contributed by atoms with Gasteiger partial charge in [0.2, 0.25) is 0 Å². The minimum atomic E-state index is -1.77. The number of carbonyl (C=O) groups excluding carboxylic acids is 1. The van der Waals surface area contributed by atoms with Crippen LogP contribution in [-0.2, 0) is 14.3 Å². The zero-order valence-electron chi connectivity index (χ0n) is 12.3. The number of ether oxygens (including phenoxy) is 3. The van der Waals surface area contributed by atoms with E-state index in [0.717, 1.165) is 12.1 Å². The predicted molar refractivity (Wildman–Crippen MR) is 73.5 cm³/mol. The second-order valence-electron chi connectivity index (χ2n) is 4.12. The van der Waals surface area contributed by atoms with E-state index in [2.05, 4.69) is 0 Å². The Morgan fingerprint density at radius 2 is 1.64 bits per heavy atom. The highest BCUT2D eigenvalue weighted by Crippen LogP contribution is 2.34. The smallest absolute Gasteiger partial charge is 0.336 e. The van der Waals surface area contributed by atoms with Crippen molar-refractivity contribution in [3.8, 4) is 11.5 Å². The Bertz CT molecular complexity index is 593. The summed E-state index contributed by atoms with van der Waals surface area (Å²) in [5.41, 5.74) is -0.616. The molecule has 0 aromatic heterocycles. The molecular weight excluding hydrogens is 296 g/mol. The molecule has 0 saturated heterocycles. The molecule has 0 aliphatic heterocycles. The lowest BCUT2D eigenvalue weighted by Crippen LogP contribution is -2.26. The van der Waals surface area contributed by atoms with Crippen LogP contribution in [0, 0.1) is 0 Å². The second kappa shape index (κ2) is 7.30. The number of aromatic carboxylic acids is 1. The van der Waals surface area contributed by atoms with Gasteiger partial charge in [-0.15, -0.1) is 0 Å². The van der Waals surface area contributed by atoms with Crippen molar-refractivity contribution in [1.29, 1.82) is 0 Å². The molecule has 1 aromatic carbocycles. The molecule has 0 bridgehead atoms. The number of rotatable bonds is 7. The molecule has 1 rings (SSSR count). The summed E-state index contributed by atoms with van der Waals surface area (Å²) in [5.74, 6) is -5.52. The van der Waals surface area contributed by atoms with E-state index in [0.29, 0.717) is 0 Å². The Morgan fingerprint density at radius 1 is 1.09 bits per heavy atom. The van der Waals surface area contributed by atoms with Crippen LogP contribution in [0.1, 0.15) is 28.8 Å². The molecule has 0 heterocycles. The summed E-state index contributed by atoms with van der Waals surface area (Å²) in [6, 6.07) is 2.25. The molecule has 0 saturated carbocycles. The highest BCUT2D eigenvalue weighted by Gasteiger charge is 2.34. The van der Waals surface area contributed by atoms with Crippen molar-refractivity contribution in [2.24, 2.45) is 0 Å². The fraction of sp³-hybridized carbons (Fsp3) is 0.357. The fourth-order valence-electron chi connectivity index (χ4n) is 1.91. The lowest BCUT2D eigenvalue weighted by molar-refractivity contribution is -0.153. The molecule has 0 aliphatic carbocycles. The molecule has 0 fully saturated rings. The van der Waals surface area contributed by atoms with E-state index in [1.54, 1.807) is 0 Å². The van der Waals surface area contributed by atoms with Gasteiger partial charge in [0.25, 0.3) is 0 Å². The van der Waals surface area contributed by atoms with Gasteiger partial charge in [0.05, 0.1) is 26.4 Å². The SMILES string of the molecule is CCOC(=O)C(C(=O)O)c1cc(OC)c(OC)cc1C(=O)O. The first-order valence-electron chi connectivity index (χ1n) is 6.25. The molecule has 0 spiro atoms. The van der Waals surface area contributed by atoms with Crippen LogP contribution in [-0.4, -0.2) is 48.9 Å². The highest BCUT2D eigenvalue weighted by molar-refractivity contribution is 6.03. The molecule has 1 unspecified atom stereocenters.